The van der Waals surface area contributed by atoms with Crippen molar-refractivity contribution in [2.45, 2.75) is 18.8 Å². The summed E-state index contributed by atoms with van der Waals surface area (Å²) < 4.78 is 2.07. The highest BCUT2D eigenvalue weighted by Crippen LogP contribution is 2.28. The second kappa shape index (κ2) is 5.65. The van der Waals surface area contributed by atoms with Gasteiger partial charge in [-0.25, -0.2) is 9.97 Å². The van der Waals surface area contributed by atoms with Crippen molar-refractivity contribution in [3.05, 3.63) is 48.3 Å². The lowest BCUT2D eigenvalue weighted by atomic mass is 9.96. The summed E-state index contributed by atoms with van der Waals surface area (Å²) in [6.07, 6.45) is 7.21. The number of pyridine rings is 1. The first kappa shape index (κ1) is 13.6. The molecule has 1 fully saturated rings. The Bertz CT molecular complexity index is 854. The van der Waals surface area contributed by atoms with Gasteiger partial charge in [-0.3, -0.25) is 4.40 Å². The van der Waals surface area contributed by atoms with Gasteiger partial charge in [0.2, 0.25) is 0 Å². The van der Waals surface area contributed by atoms with Crippen LogP contribution in [0.3, 0.4) is 0 Å². The van der Waals surface area contributed by atoms with Gasteiger partial charge in [0.15, 0.2) is 11.3 Å². The molecule has 1 aliphatic rings. The number of rotatable bonds is 2. The van der Waals surface area contributed by atoms with Gasteiger partial charge in [0.25, 0.3) is 0 Å². The summed E-state index contributed by atoms with van der Waals surface area (Å²) >= 11 is 0. The molecule has 0 saturated carbocycles. The van der Waals surface area contributed by atoms with Crippen molar-refractivity contribution in [1.29, 1.82) is 5.26 Å². The quantitative estimate of drug-likeness (QED) is 0.717. The summed E-state index contributed by atoms with van der Waals surface area (Å²) in [6.45, 7) is 1.79. The second-order valence-electron chi connectivity index (χ2n) is 5.62. The van der Waals surface area contributed by atoms with E-state index in [2.05, 4.69) is 29.5 Å². The molecule has 23 heavy (non-hydrogen) atoms. The molecule has 3 aromatic heterocycles. The average Bonchev–Trinajstić information content (AvgIpc) is 3.06. The Morgan fingerprint density at radius 3 is 2.70 bits per heavy atom. The van der Waals surface area contributed by atoms with Gasteiger partial charge in [-0.15, -0.1) is 10.2 Å². The van der Waals surface area contributed by atoms with Gasteiger partial charge < -0.3 is 4.90 Å². The maximum Gasteiger partial charge on any atom is 0.160 e. The fraction of sp³-hybridized carbons (Fsp3) is 0.312. The van der Waals surface area contributed by atoms with E-state index in [9.17, 15) is 0 Å². The number of hydrogen-bond acceptors (Lipinski definition) is 6. The van der Waals surface area contributed by atoms with Crippen LogP contribution in [0.5, 0.6) is 0 Å². The van der Waals surface area contributed by atoms with Gasteiger partial charge in [-0.1, -0.05) is 6.07 Å². The molecule has 3 aromatic rings. The summed E-state index contributed by atoms with van der Waals surface area (Å²) in [6, 6.07) is 7.93. The molecule has 0 N–H and O–H groups in total. The molecule has 0 radical (unpaired) electrons. The molecule has 114 valence electrons. The Morgan fingerprint density at radius 2 is 1.96 bits per heavy atom. The molecule has 4 rings (SSSR count). The van der Waals surface area contributed by atoms with Gasteiger partial charge in [-0.05, 0) is 25.0 Å². The highest BCUT2D eigenvalue weighted by molar-refractivity contribution is 5.40. The van der Waals surface area contributed by atoms with Crippen LogP contribution in [0, 0.1) is 11.3 Å². The number of piperidine rings is 1. The van der Waals surface area contributed by atoms with Crippen LogP contribution in [0.2, 0.25) is 0 Å². The van der Waals surface area contributed by atoms with Gasteiger partial charge in [0.1, 0.15) is 17.7 Å². The predicted molar refractivity (Wildman–Crippen MR) is 83.9 cm³/mol. The van der Waals surface area contributed by atoms with E-state index in [1.165, 1.54) is 6.20 Å². The standard InChI is InChI=1S/C16H15N7/c17-9-13-10-19-15(11-18-13)22-7-4-12(5-8-22)16-21-20-14-3-1-2-6-23(14)16/h1-3,6,10-12H,4-5,7-8H2. The first-order valence-corrected chi connectivity index (χ1v) is 7.62. The Morgan fingerprint density at radius 1 is 1.09 bits per heavy atom. The third-order valence-corrected chi connectivity index (χ3v) is 4.28. The summed E-state index contributed by atoms with van der Waals surface area (Å²) in [5, 5.41) is 17.4. The largest absolute Gasteiger partial charge is 0.355 e. The van der Waals surface area contributed by atoms with E-state index in [1.54, 1.807) is 6.20 Å². The molecule has 0 aromatic carbocycles. The Balaban J connectivity index is 1.49. The van der Waals surface area contributed by atoms with Gasteiger partial charge >= 0.3 is 0 Å². The minimum atomic E-state index is 0.346. The van der Waals surface area contributed by atoms with Crippen molar-refractivity contribution < 1.29 is 0 Å². The Kier molecular flexibility index (Phi) is 3.35. The fourth-order valence-corrected chi connectivity index (χ4v) is 3.05. The number of hydrogen-bond donors (Lipinski definition) is 0. The number of aromatic nitrogens is 5. The van der Waals surface area contributed by atoms with Crippen molar-refractivity contribution in [2.24, 2.45) is 0 Å². The summed E-state index contributed by atoms with van der Waals surface area (Å²) in [7, 11) is 0. The van der Waals surface area contributed by atoms with Gasteiger partial charge in [-0.2, -0.15) is 5.26 Å². The normalized spacial score (nSPS) is 15.7. The zero-order valence-corrected chi connectivity index (χ0v) is 12.5. The highest BCUT2D eigenvalue weighted by atomic mass is 15.3. The molecule has 0 spiro atoms. The SMILES string of the molecule is N#Cc1cnc(N2CCC(c3nnc4ccccn34)CC2)cn1. The Labute approximate surface area is 133 Å². The lowest BCUT2D eigenvalue weighted by molar-refractivity contribution is 0.480. The molecule has 7 nitrogen and oxygen atoms in total. The van der Waals surface area contributed by atoms with E-state index in [0.717, 1.165) is 43.2 Å². The molecule has 0 atom stereocenters. The van der Waals surface area contributed by atoms with E-state index >= 15 is 0 Å². The molecule has 0 unspecified atom stereocenters. The van der Waals surface area contributed by atoms with Crippen LogP contribution in [-0.2, 0) is 0 Å². The first-order valence-electron chi connectivity index (χ1n) is 7.62. The smallest absolute Gasteiger partial charge is 0.160 e. The molecule has 0 aliphatic carbocycles. The summed E-state index contributed by atoms with van der Waals surface area (Å²) in [5.74, 6) is 2.26. The fourth-order valence-electron chi connectivity index (χ4n) is 3.05. The molecular weight excluding hydrogens is 290 g/mol. The van der Waals surface area contributed by atoms with E-state index < -0.39 is 0 Å². The van der Waals surface area contributed by atoms with Crippen LogP contribution in [-0.4, -0.2) is 37.7 Å². The van der Waals surface area contributed by atoms with Crippen LogP contribution < -0.4 is 4.90 Å². The lowest BCUT2D eigenvalue weighted by Gasteiger charge is -2.31. The predicted octanol–water partition coefficient (Wildman–Crippen LogP) is 1.77. The average molecular weight is 305 g/mol. The maximum atomic E-state index is 8.78. The third kappa shape index (κ3) is 2.48. The van der Waals surface area contributed by atoms with Gasteiger partial charge in [0, 0.05) is 25.2 Å². The zero-order chi connectivity index (χ0) is 15.6. The minimum absolute atomic E-state index is 0.346. The highest BCUT2D eigenvalue weighted by Gasteiger charge is 2.25. The van der Waals surface area contributed by atoms with E-state index in [-0.39, 0.29) is 0 Å². The van der Waals surface area contributed by atoms with E-state index in [1.807, 2.05) is 30.5 Å². The van der Waals surface area contributed by atoms with E-state index in [4.69, 9.17) is 5.26 Å². The number of nitrogens with zero attached hydrogens (tertiary/aromatic N) is 7. The van der Waals surface area contributed by atoms with Crippen LogP contribution in [0.15, 0.2) is 36.8 Å². The third-order valence-electron chi connectivity index (χ3n) is 4.28. The Hall–Kier alpha value is -3.01. The molecule has 7 heteroatoms. The second-order valence-corrected chi connectivity index (χ2v) is 5.62. The molecule has 0 amide bonds. The molecule has 4 heterocycles. The van der Waals surface area contributed by atoms with Gasteiger partial charge in [0.05, 0.1) is 12.4 Å². The first-order chi connectivity index (χ1) is 11.3. The monoisotopic (exact) mass is 305 g/mol. The molecule has 1 saturated heterocycles. The van der Waals surface area contributed by atoms with Crippen LogP contribution in [0.25, 0.3) is 5.65 Å². The van der Waals surface area contributed by atoms with Crippen molar-refractivity contribution in [3.8, 4) is 6.07 Å². The maximum absolute atomic E-state index is 8.78. The molecule has 1 aliphatic heterocycles. The van der Waals surface area contributed by atoms with E-state index in [0.29, 0.717) is 11.6 Å². The summed E-state index contributed by atoms with van der Waals surface area (Å²) in [5.41, 5.74) is 1.24. The van der Waals surface area contributed by atoms with Crippen LogP contribution >= 0.6 is 0 Å². The van der Waals surface area contributed by atoms with Crippen LogP contribution in [0.4, 0.5) is 5.82 Å². The van der Waals surface area contributed by atoms with Crippen molar-refractivity contribution >= 4 is 11.5 Å². The minimum Gasteiger partial charge on any atom is -0.355 e. The van der Waals surface area contributed by atoms with Crippen LogP contribution in [0.1, 0.15) is 30.3 Å². The zero-order valence-electron chi connectivity index (χ0n) is 12.5. The van der Waals surface area contributed by atoms with Crippen molar-refractivity contribution in [2.75, 3.05) is 18.0 Å². The number of anilines is 1. The number of fused-ring (bicyclic) bond motifs is 1. The molecular formula is C16H15N7. The number of nitriles is 1. The summed E-state index contributed by atoms with van der Waals surface area (Å²) in [4.78, 5) is 10.6. The van der Waals surface area contributed by atoms with Crippen molar-refractivity contribution in [3.63, 3.8) is 0 Å². The molecule has 0 bridgehead atoms. The van der Waals surface area contributed by atoms with Crippen molar-refractivity contribution in [1.82, 2.24) is 24.6 Å². The lowest BCUT2D eigenvalue weighted by Crippen LogP contribution is -2.34. The topological polar surface area (TPSA) is 83.0 Å².